The van der Waals surface area contributed by atoms with E-state index >= 15 is 0 Å². The van der Waals surface area contributed by atoms with Crippen molar-refractivity contribution in [3.8, 4) is 0 Å². The van der Waals surface area contributed by atoms with Crippen molar-refractivity contribution in [1.82, 2.24) is 0 Å². The van der Waals surface area contributed by atoms with Crippen molar-refractivity contribution < 1.29 is 24.5 Å². The van der Waals surface area contributed by atoms with E-state index in [9.17, 15) is 9.90 Å². The molecule has 1 fully saturated rings. The van der Waals surface area contributed by atoms with E-state index in [1.165, 1.54) is 18.4 Å². The van der Waals surface area contributed by atoms with E-state index < -0.39 is 11.7 Å². The Hall–Kier alpha value is -1.43. The van der Waals surface area contributed by atoms with Gasteiger partial charge in [-0.15, -0.1) is 0 Å². The topological polar surface area (TPSA) is 76.0 Å². The van der Waals surface area contributed by atoms with Crippen LogP contribution in [0.5, 0.6) is 0 Å². The molecule has 1 aliphatic rings. The largest absolute Gasteiger partial charge is 0.458 e. The molecule has 0 spiro atoms. The number of esters is 1. The lowest BCUT2D eigenvalue weighted by Crippen LogP contribution is -2.27. The molecule has 0 aromatic rings. The van der Waals surface area contributed by atoms with Gasteiger partial charge in [0, 0.05) is 6.61 Å². The van der Waals surface area contributed by atoms with Crippen molar-refractivity contribution in [2.45, 2.75) is 84.8 Å². The van der Waals surface area contributed by atoms with Crippen molar-refractivity contribution in [1.29, 1.82) is 0 Å². The molecule has 2 atom stereocenters. The van der Waals surface area contributed by atoms with Gasteiger partial charge in [0.15, 0.2) is 0 Å². The molecule has 30 heavy (non-hydrogen) atoms. The molecule has 0 aromatic carbocycles. The van der Waals surface area contributed by atoms with Crippen LogP contribution in [0.25, 0.3) is 0 Å². The molecule has 0 saturated heterocycles. The van der Waals surface area contributed by atoms with Crippen molar-refractivity contribution >= 4 is 5.97 Å². The smallest absolute Gasteiger partial charge is 0.332 e. The molecule has 1 rings (SSSR count). The minimum Gasteiger partial charge on any atom is -0.458 e. The van der Waals surface area contributed by atoms with Crippen LogP contribution in [0.1, 0.15) is 73.1 Å². The average Bonchev–Trinajstić information content (AvgIpc) is 2.66. The first-order chi connectivity index (χ1) is 14.0. The first kappa shape index (κ1) is 26.6. The molecule has 5 nitrogen and oxygen atoms in total. The highest BCUT2D eigenvalue weighted by atomic mass is 16.6. The summed E-state index contributed by atoms with van der Waals surface area (Å²) in [5, 5.41) is 19.4. The Morgan fingerprint density at radius 1 is 1.20 bits per heavy atom. The summed E-state index contributed by atoms with van der Waals surface area (Å²) in [7, 11) is 0. The molecular formula is C25H42O5. The zero-order valence-electron chi connectivity index (χ0n) is 19.5. The van der Waals surface area contributed by atoms with Crippen LogP contribution in [0.15, 0.2) is 36.0 Å². The summed E-state index contributed by atoms with van der Waals surface area (Å²) in [5.41, 5.74) is 0.598. The van der Waals surface area contributed by atoms with Crippen LogP contribution in [0, 0.1) is 11.3 Å². The van der Waals surface area contributed by atoms with Crippen molar-refractivity contribution in [3.63, 3.8) is 0 Å². The quantitative estimate of drug-likeness (QED) is 0.218. The summed E-state index contributed by atoms with van der Waals surface area (Å²) in [4.78, 5) is 11.7. The predicted octanol–water partition coefficient (Wildman–Crippen LogP) is 4.73. The van der Waals surface area contributed by atoms with Gasteiger partial charge in [-0.25, -0.2) is 4.79 Å². The number of ether oxygens (including phenoxy) is 2. The van der Waals surface area contributed by atoms with Crippen LogP contribution >= 0.6 is 0 Å². The number of aliphatic hydroxyl groups excluding tert-OH is 2. The average molecular weight is 423 g/mol. The Kier molecular flexibility index (Phi) is 11.6. The van der Waals surface area contributed by atoms with Gasteiger partial charge >= 0.3 is 5.97 Å². The number of carbonyl (C=O) groups excluding carboxylic acids is 1. The van der Waals surface area contributed by atoms with Crippen LogP contribution in [-0.4, -0.2) is 47.7 Å². The lowest BCUT2D eigenvalue weighted by Gasteiger charge is -2.28. The van der Waals surface area contributed by atoms with Gasteiger partial charge in [0.2, 0.25) is 0 Å². The molecular weight excluding hydrogens is 380 g/mol. The lowest BCUT2D eigenvalue weighted by atomic mass is 9.81. The number of aliphatic hydroxyl groups is 2. The maximum Gasteiger partial charge on any atom is 0.332 e. The fraction of sp³-hybridized carbons (Fsp3) is 0.720. The monoisotopic (exact) mass is 422 g/mol. The maximum absolute atomic E-state index is 11.7. The highest BCUT2D eigenvalue weighted by molar-refractivity contribution is 5.71. The van der Waals surface area contributed by atoms with Crippen LogP contribution in [0.4, 0.5) is 0 Å². The highest BCUT2D eigenvalue weighted by Gasteiger charge is 2.24. The summed E-state index contributed by atoms with van der Waals surface area (Å²) < 4.78 is 10.7. The molecule has 172 valence electrons. The molecule has 0 heterocycles. The molecule has 1 saturated carbocycles. The molecule has 0 aromatic heterocycles. The third kappa shape index (κ3) is 11.1. The van der Waals surface area contributed by atoms with Gasteiger partial charge in [-0.05, 0) is 64.2 Å². The van der Waals surface area contributed by atoms with Gasteiger partial charge in [0.1, 0.15) is 12.2 Å². The Labute approximate surface area is 182 Å². The van der Waals surface area contributed by atoms with Gasteiger partial charge in [-0.2, -0.15) is 0 Å². The first-order valence-electron chi connectivity index (χ1n) is 11.2. The standard InChI is InChI=1S/C25H42O5/c1-24(2,3)30-23(28)19-29-18-15-21-13-7-6-11-20(21)12-8-9-14-22(27)25(4,5)16-10-17-26/h8-9,12,14-15,20,22,26-27H,6-7,10-11,13,16-19H2,1-5H3/b12-8+,14-9+,21-15+. The summed E-state index contributed by atoms with van der Waals surface area (Å²) >= 11 is 0. The second kappa shape index (κ2) is 13.1. The van der Waals surface area contributed by atoms with Crippen molar-refractivity contribution in [3.05, 3.63) is 36.0 Å². The molecule has 0 radical (unpaired) electrons. The van der Waals surface area contributed by atoms with Gasteiger partial charge in [0.25, 0.3) is 0 Å². The summed E-state index contributed by atoms with van der Waals surface area (Å²) in [5.74, 6) is 0.0275. The first-order valence-corrected chi connectivity index (χ1v) is 11.2. The van der Waals surface area contributed by atoms with Gasteiger partial charge in [-0.3, -0.25) is 0 Å². The van der Waals surface area contributed by atoms with Crippen molar-refractivity contribution in [2.24, 2.45) is 11.3 Å². The van der Waals surface area contributed by atoms with Crippen LogP contribution in [0.3, 0.4) is 0 Å². The molecule has 0 aliphatic heterocycles. The molecule has 1 aliphatic carbocycles. The highest BCUT2D eigenvalue weighted by Crippen LogP contribution is 2.31. The Balaban J connectivity index is 2.52. The van der Waals surface area contributed by atoms with E-state index in [0.717, 1.165) is 19.3 Å². The Bertz CT molecular complexity index is 595. The van der Waals surface area contributed by atoms with Crippen LogP contribution in [-0.2, 0) is 14.3 Å². The zero-order valence-corrected chi connectivity index (χ0v) is 19.5. The number of allylic oxidation sites excluding steroid dienone is 4. The van der Waals surface area contributed by atoms with E-state index in [1.54, 1.807) is 0 Å². The summed E-state index contributed by atoms with van der Waals surface area (Å²) in [6, 6.07) is 0. The lowest BCUT2D eigenvalue weighted by molar-refractivity contribution is -0.159. The van der Waals surface area contributed by atoms with E-state index in [1.807, 2.05) is 52.8 Å². The Morgan fingerprint density at radius 2 is 1.93 bits per heavy atom. The molecule has 5 heteroatoms. The third-order valence-electron chi connectivity index (χ3n) is 5.34. The minimum atomic E-state index is -0.545. The maximum atomic E-state index is 11.7. The fourth-order valence-corrected chi connectivity index (χ4v) is 3.53. The van der Waals surface area contributed by atoms with Crippen molar-refractivity contribution in [2.75, 3.05) is 19.8 Å². The van der Waals surface area contributed by atoms with Gasteiger partial charge in [-0.1, -0.05) is 56.2 Å². The number of carbonyl (C=O) groups is 1. The van der Waals surface area contributed by atoms with Crippen LogP contribution < -0.4 is 0 Å². The SMILES string of the molecule is CC(C)(C)OC(=O)COC/C=C1\CCCCC1/C=C/C=C/C(O)C(C)(C)CCCO. The number of hydrogen-bond acceptors (Lipinski definition) is 5. The summed E-state index contributed by atoms with van der Waals surface area (Å²) in [6.07, 6.45) is 15.5. The number of rotatable bonds is 11. The van der Waals surface area contributed by atoms with Gasteiger partial charge < -0.3 is 19.7 Å². The second-order valence-corrected chi connectivity index (χ2v) is 9.76. The van der Waals surface area contributed by atoms with E-state index in [4.69, 9.17) is 14.6 Å². The third-order valence-corrected chi connectivity index (χ3v) is 5.34. The molecule has 2 N–H and O–H groups in total. The molecule has 2 unspecified atom stereocenters. The normalized spacial score (nSPS) is 20.9. The second-order valence-electron chi connectivity index (χ2n) is 9.76. The minimum absolute atomic E-state index is 0.0335. The van der Waals surface area contributed by atoms with Crippen LogP contribution in [0.2, 0.25) is 0 Å². The zero-order chi connectivity index (χ0) is 22.6. The number of hydrogen-bond donors (Lipinski definition) is 2. The predicted molar refractivity (Wildman–Crippen MR) is 121 cm³/mol. The molecule has 0 bridgehead atoms. The summed E-state index contributed by atoms with van der Waals surface area (Å²) in [6.45, 7) is 10.1. The fourth-order valence-electron chi connectivity index (χ4n) is 3.53. The van der Waals surface area contributed by atoms with E-state index in [0.29, 0.717) is 18.9 Å². The molecule has 0 amide bonds. The van der Waals surface area contributed by atoms with E-state index in [-0.39, 0.29) is 24.6 Å². The van der Waals surface area contributed by atoms with E-state index in [2.05, 4.69) is 12.2 Å². The Morgan fingerprint density at radius 3 is 2.60 bits per heavy atom. The van der Waals surface area contributed by atoms with Gasteiger partial charge in [0.05, 0.1) is 12.7 Å².